The van der Waals surface area contributed by atoms with Gasteiger partial charge in [0.05, 0.1) is 6.10 Å². The molecule has 19 heavy (non-hydrogen) atoms. The molecule has 1 unspecified atom stereocenters. The number of rotatable bonds is 8. The molecule has 1 rings (SSSR count). The van der Waals surface area contributed by atoms with Gasteiger partial charge in [0, 0.05) is 0 Å². The molecule has 1 N–H and O–H groups in total. The molecule has 0 heterocycles. The van der Waals surface area contributed by atoms with Crippen LogP contribution in [0.15, 0.2) is 18.2 Å². The Kier molecular flexibility index (Phi) is 6.93. The Morgan fingerprint density at radius 2 is 1.89 bits per heavy atom. The molecule has 0 amide bonds. The second-order valence-corrected chi connectivity index (χ2v) is 5.94. The highest BCUT2D eigenvalue weighted by atomic mass is 16.5. The third-order valence-corrected chi connectivity index (χ3v) is 3.19. The zero-order chi connectivity index (χ0) is 14.3. The van der Waals surface area contributed by atoms with Crippen LogP contribution in [0.5, 0.6) is 5.75 Å². The van der Waals surface area contributed by atoms with Gasteiger partial charge >= 0.3 is 0 Å². The van der Waals surface area contributed by atoms with Crippen molar-refractivity contribution in [2.75, 3.05) is 13.1 Å². The van der Waals surface area contributed by atoms with Gasteiger partial charge in [0.2, 0.25) is 0 Å². The predicted octanol–water partition coefficient (Wildman–Crippen LogP) is 4.10. The fourth-order valence-corrected chi connectivity index (χ4v) is 2.02. The molecule has 0 saturated carbocycles. The topological polar surface area (TPSA) is 21.3 Å². The van der Waals surface area contributed by atoms with Gasteiger partial charge in [0.15, 0.2) is 0 Å². The molecule has 0 bridgehead atoms. The molecule has 1 aromatic rings. The van der Waals surface area contributed by atoms with Gasteiger partial charge in [0.1, 0.15) is 5.75 Å². The van der Waals surface area contributed by atoms with E-state index in [2.05, 4.69) is 58.1 Å². The molecule has 0 aliphatic heterocycles. The minimum atomic E-state index is 0.279. The first kappa shape index (κ1) is 16.0. The molecule has 2 nitrogen and oxygen atoms in total. The first-order valence-corrected chi connectivity index (χ1v) is 7.43. The maximum Gasteiger partial charge on any atom is 0.122 e. The number of nitrogens with one attached hydrogen (secondary N) is 1. The smallest absolute Gasteiger partial charge is 0.122 e. The first-order chi connectivity index (χ1) is 8.99. The Labute approximate surface area is 118 Å². The van der Waals surface area contributed by atoms with E-state index in [0.29, 0.717) is 0 Å². The molecular weight excluding hydrogens is 234 g/mol. The third-order valence-electron chi connectivity index (χ3n) is 3.19. The van der Waals surface area contributed by atoms with Crippen LogP contribution in [0.2, 0.25) is 0 Å². The van der Waals surface area contributed by atoms with Crippen LogP contribution in [-0.2, 0) is 0 Å². The Balaban J connectivity index is 2.27. The van der Waals surface area contributed by atoms with E-state index in [-0.39, 0.29) is 6.10 Å². The molecule has 0 aromatic heterocycles. The fraction of sp³-hybridized carbons (Fsp3) is 0.647. The molecule has 0 spiro atoms. The lowest BCUT2D eigenvalue weighted by molar-refractivity contribution is 0.206. The number of hydrogen-bond acceptors (Lipinski definition) is 2. The van der Waals surface area contributed by atoms with Gasteiger partial charge < -0.3 is 10.1 Å². The van der Waals surface area contributed by atoms with Crippen molar-refractivity contribution in [2.45, 2.75) is 53.6 Å². The zero-order valence-corrected chi connectivity index (χ0v) is 13.1. The fourth-order valence-electron chi connectivity index (χ4n) is 2.02. The summed E-state index contributed by atoms with van der Waals surface area (Å²) in [4.78, 5) is 0. The number of ether oxygens (including phenoxy) is 1. The van der Waals surface area contributed by atoms with E-state index >= 15 is 0 Å². The van der Waals surface area contributed by atoms with Crippen LogP contribution in [0.3, 0.4) is 0 Å². The molecule has 0 saturated heterocycles. The summed E-state index contributed by atoms with van der Waals surface area (Å²) in [7, 11) is 0. The van der Waals surface area contributed by atoms with Gasteiger partial charge in [-0.3, -0.25) is 0 Å². The van der Waals surface area contributed by atoms with E-state index in [1.54, 1.807) is 0 Å². The molecule has 0 aliphatic rings. The van der Waals surface area contributed by atoms with Crippen LogP contribution >= 0.6 is 0 Å². The predicted molar refractivity (Wildman–Crippen MR) is 82.9 cm³/mol. The average Bonchev–Trinajstić information content (AvgIpc) is 2.33. The van der Waals surface area contributed by atoms with Crippen molar-refractivity contribution in [1.82, 2.24) is 5.32 Å². The molecule has 108 valence electrons. The monoisotopic (exact) mass is 263 g/mol. The van der Waals surface area contributed by atoms with E-state index in [9.17, 15) is 0 Å². The average molecular weight is 263 g/mol. The Bertz CT molecular complexity index is 374. The summed E-state index contributed by atoms with van der Waals surface area (Å²) < 4.78 is 6.03. The van der Waals surface area contributed by atoms with E-state index < -0.39 is 0 Å². The van der Waals surface area contributed by atoms with E-state index in [0.717, 1.165) is 31.2 Å². The lowest BCUT2D eigenvalue weighted by Gasteiger charge is -2.17. The Morgan fingerprint density at radius 1 is 1.16 bits per heavy atom. The van der Waals surface area contributed by atoms with Crippen LogP contribution in [0.1, 0.15) is 44.7 Å². The Morgan fingerprint density at radius 3 is 2.58 bits per heavy atom. The van der Waals surface area contributed by atoms with E-state index in [1.807, 2.05) is 0 Å². The van der Waals surface area contributed by atoms with Crippen LogP contribution in [0, 0.1) is 19.8 Å². The summed E-state index contributed by atoms with van der Waals surface area (Å²) in [5.74, 6) is 1.76. The molecule has 2 heteroatoms. The summed E-state index contributed by atoms with van der Waals surface area (Å²) >= 11 is 0. The quantitative estimate of drug-likeness (QED) is 0.713. The van der Waals surface area contributed by atoms with Crippen LogP contribution in [0.25, 0.3) is 0 Å². The third kappa shape index (κ3) is 6.63. The lowest BCUT2D eigenvalue weighted by Crippen LogP contribution is -2.22. The molecular formula is C17H29NO. The lowest BCUT2D eigenvalue weighted by atomic mass is 10.1. The molecule has 0 fully saturated rings. The van der Waals surface area contributed by atoms with Crippen molar-refractivity contribution in [2.24, 2.45) is 5.92 Å². The highest BCUT2D eigenvalue weighted by Gasteiger charge is 2.06. The second kappa shape index (κ2) is 8.21. The van der Waals surface area contributed by atoms with Gasteiger partial charge in [0.25, 0.3) is 0 Å². The van der Waals surface area contributed by atoms with Gasteiger partial charge in [-0.1, -0.05) is 26.0 Å². The van der Waals surface area contributed by atoms with Crippen molar-refractivity contribution in [3.05, 3.63) is 29.3 Å². The molecule has 0 aliphatic carbocycles. The molecule has 0 radical (unpaired) electrons. The maximum absolute atomic E-state index is 6.03. The summed E-state index contributed by atoms with van der Waals surface area (Å²) in [5.41, 5.74) is 2.47. The molecule has 1 atom stereocenters. The van der Waals surface area contributed by atoms with Gasteiger partial charge in [-0.05, 0) is 69.8 Å². The summed E-state index contributed by atoms with van der Waals surface area (Å²) in [5, 5.41) is 3.47. The van der Waals surface area contributed by atoms with Gasteiger partial charge in [-0.2, -0.15) is 0 Å². The normalized spacial score (nSPS) is 12.7. The van der Waals surface area contributed by atoms with E-state index in [1.165, 1.54) is 17.5 Å². The number of hydrogen-bond donors (Lipinski definition) is 1. The van der Waals surface area contributed by atoms with Crippen molar-refractivity contribution in [1.29, 1.82) is 0 Å². The largest absolute Gasteiger partial charge is 0.490 e. The highest BCUT2D eigenvalue weighted by Crippen LogP contribution is 2.21. The number of benzene rings is 1. The summed E-state index contributed by atoms with van der Waals surface area (Å²) in [6.45, 7) is 13.0. The van der Waals surface area contributed by atoms with Crippen LogP contribution in [-0.4, -0.2) is 19.2 Å². The van der Waals surface area contributed by atoms with Gasteiger partial charge in [-0.15, -0.1) is 0 Å². The Hall–Kier alpha value is -1.02. The van der Waals surface area contributed by atoms with Gasteiger partial charge in [-0.25, -0.2) is 0 Å². The summed E-state index contributed by atoms with van der Waals surface area (Å²) in [6, 6.07) is 6.38. The van der Waals surface area contributed by atoms with Crippen LogP contribution in [0.4, 0.5) is 0 Å². The molecule has 1 aromatic carbocycles. The van der Waals surface area contributed by atoms with Crippen molar-refractivity contribution >= 4 is 0 Å². The van der Waals surface area contributed by atoms with Crippen molar-refractivity contribution in [3.63, 3.8) is 0 Å². The highest BCUT2D eigenvalue weighted by molar-refractivity contribution is 5.36. The first-order valence-electron chi connectivity index (χ1n) is 7.43. The van der Waals surface area contributed by atoms with Crippen molar-refractivity contribution in [3.8, 4) is 5.75 Å². The number of aryl methyl sites for hydroxylation is 2. The van der Waals surface area contributed by atoms with E-state index in [4.69, 9.17) is 4.74 Å². The maximum atomic E-state index is 6.03. The van der Waals surface area contributed by atoms with Crippen molar-refractivity contribution < 1.29 is 4.74 Å². The second-order valence-electron chi connectivity index (χ2n) is 5.94. The minimum Gasteiger partial charge on any atom is -0.490 e. The zero-order valence-electron chi connectivity index (χ0n) is 13.1. The van der Waals surface area contributed by atoms with Crippen LogP contribution < -0.4 is 10.1 Å². The SMILES string of the molecule is Cc1ccc(C)c(OC(C)CCCNCC(C)C)c1. The standard InChI is InChI=1S/C17H29NO/c1-13(2)12-18-10-6-7-16(5)19-17-11-14(3)8-9-15(17)4/h8-9,11,13,16,18H,6-7,10,12H2,1-5H3. The minimum absolute atomic E-state index is 0.279. The summed E-state index contributed by atoms with van der Waals surface area (Å²) in [6.07, 6.45) is 2.54.